The topological polar surface area (TPSA) is 41.1 Å². The number of nitrogens with one attached hydrogen (secondary N) is 2. The number of hydrogen-bond donors (Lipinski definition) is 2. The number of rotatable bonds is 8. The number of hydrogen-bond acceptors (Lipinski definition) is 3. The molecule has 0 heterocycles. The van der Waals surface area contributed by atoms with E-state index in [1.54, 1.807) is 0 Å². The second-order valence-corrected chi connectivity index (χ2v) is 7.31. The van der Waals surface area contributed by atoms with Gasteiger partial charge in [0.2, 0.25) is 5.91 Å². The molecular formula is C16H32N2OS. The van der Waals surface area contributed by atoms with Crippen molar-refractivity contribution in [2.45, 2.75) is 82.5 Å². The van der Waals surface area contributed by atoms with E-state index in [0.717, 1.165) is 32.2 Å². The van der Waals surface area contributed by atoms with Crippen LogP contribution in [-0.2, 0) is 4.79 Å². The lowest BCUT2D eigenvalue weighted by Gasteiger charge is -2.32. The smallest absolute Gasteiger partial charge is 0.237 e. The zero-order chi connectivity index (χ0) is 15.0. The molecule has 4 heteroatoms. The van der Waals surface area contributed by atoms with Crippen LogP contribution in [0.2, 0.25) is 0 Å². The molecule has 0 radical (unpaired) electrons. The second kappa shape index (κ2) is 8.93. The van der Waals surface area contributed by atoms with Crippen LogP contribution in [-0.4, -0.2) is 35.5 Å². The summed E-state index contributed by atoms with van der Waals surface area (Å²) in [4.78, 5) is 12.2. The van der Waals surface area contributed by atoms with Crippen LogP contribution in [0.15, 0.2) is 0 Å². The van der Waals surface area contributed by atoms with Gasteiger partial charge in [-0.15, -0.1) is 0 Å². The minimum Gasteiger partial charge on any atom is -0.352 e. The van der Waals surface area contributed by atoms with Crippen LogP contribution in [0.25, 0.3) is 0 Å². The molecule has 0 aromatic carbocycles. The highest BCUT2D eigenvalue weighted by molar-refractivity contribution is 8.00. The molecule has 3 nitrogen and oxygen atoms in total. The third-order valence-corrected chi connectivity index (χ3v) is 6.38. The monoisotopic (exact) mass is 300 g/mol. The Bertz CT molecular complexity index is 278. The predicted molar refractivity (Wildman–Crippen MR) is 89.3 cm³/mol. The summed E-state index contributed by atoms with van der Waals surface area (Å²) in [6, 6.07) is 0.310. The van der Waals surface area contributed by atoms with Crippen molar-refractivity contribution in [3.05, 3.63) is 0 Å². The molecule has 0 aromatic heterocycles. The number of amides is 1. The molecule has 118 valence electrons. The van der Waals surface area contributed by atoms with Gasteiger partial charge < -0.3 is 10.6 Å². The fourth-order valence-electron chi connectivity index (χ4n) is 2.87. The third kappa shape index (κ3) is 5.28. The first-order valence-electron chi connectivity index (χ1n) is 8.15. The minimum atomic E-state index is -0.0958. The molecule has 0 saturated heterocycles. The molecule has 1 fully saturated rings. The van der Waals surface area contributed by atoms with Crippen LogP contribution in [0.5, 0.6) is 0 Å². The Hall–Kier alpha value is -0.220. The molecule has 1 amide bonds. The zero-order valence-electron chi connectivity index (χ0n) is 13.6. The van der Waals surface area contributed by atoms with Crippen molar-refractivity contribution >= 4 is 17.7 Å². The lowest BCUT2D eigenvalue weighted by atomic mass is 9.95. The molecule has 1 aliphatic rings. The van der Waals surface area contributed by atoms with Gasteiger partial charge in [-0.2, -0.15) is 11.8 Å². The van der Waals surface area contributed by atoms with Gasteiger partial charge >= 0.3 is 0 Å². The first kappa shape index (κ1) is 17.8. The Kier molecular flexibility index (Phi) is 7.96. The van der Waals surface area contributed by atoms with Crippen molar-refractivity contribution in [3.8, 4) is 0 Å². The molecule has 1 aliphatic carbocycles. The van der Waals surface area contributed by atoms with Gasteiger partial charge in [0.1, 0.15) is 0 Å². The predicted octanol–water partition coefficient (Wildman–Crippen LogP) is 3.34. The first-order valence-corrected chi connectivity index (χ1v) is 9.38. The maximum absolute atomic E-state index is 12.2. The van der Waals surface area contributed by atoms with E-state index in [0.29, 0.717) is 6.04 Å². The summed E-state index contributed by atoms with van der Waals surface area (Å²) in [5, 5.41) is 6.63. The summed E-state index contributed by atoms with van der Waals surface area (Å²) in [7, 11) is 0. The Morgan fingerprint density at radius 3 is 2.35 bits per heavy atom. The zero-order valence-corrected chi connectivity index (χ0v) is 14.4. The van der Waals surface area contributed by atoms with Crippen LogP contribution in [0.1, 0.15) is 65.7 Å². The second-order valence-electron chi connectivity index (χ2n) is 6.04. The lowest BCUT2D eigenvalue weighted by Crippen LogP contribution is -2.50. The summed E-state index contributed by atoms with van der Waals surface area (Å²) in [6.07, 6.45) is 10.6. The van der Waals surface area contributed by atoms with E-state index < -0.39 is 0 Å². The van der Waals surface area contributed by atoms with Crippen molar-refractivity contribution in [1.29, 1.82) is 0 Å². The van der Waals surface area contributed by atoms with Crippen molar-refractivity contribution < 1.29 is 4.79 Å². The highest BCUT2D eigenvalue weighted by Crippen LogP contribution is 2.29. The molecule has 2 N–H and O–H groups in total. The highest BCUT2D eigenvalue weighted by atomic mass is 32.2. The van der Waals surface area contributed by atoms with Crippen LogP contribution in [0, 0.1) is 0 Å². The molecule has 1 saturated carbocycles. The maximum Gasteiger partial charge on any atom is 0.237 e. The molecule has 20 heavy (non-hydrogen) atoms. The molecule has 0 aliphatic heterocycles. The Morgan fingerprint density at radius 1 is 1.25 bits per heavy atom. The summed E-state index contributed by atoms with van der Waals surface area (Å²) in [5.74, 6) is 0.166. The standard InChI is InChI=1S/C16H32N2OS/c1-5-16(6-2,20-4)12-17-13(3)15(19)18-14-10-8-7-9-11-14/h13-14,17H,5-12H2,1-4H3,(H,18,19). The quantitative estimate of drug-likeness (QED) is 0.722. The Balaban J connectivity index is 2.37. The van der Waals surface area contributed by atoms with Crippen molar-refractivity contribution in [1.82, 2.24) is 10.6 Å². The first-order chi connectivity index (χ1) is 9.56. The van der Waals surface area contributed by atoms with Gasteiger partial charge in [0.05, 0.1) is 6.04 Å². The van der Waals surface area contributed by atoms with E-state index in [1.807, 2.05) is 18.7 Å². The molecule has 0 aromatic rings. The van der Waals surface area contributed by atoms with E-state index in [1.165, 1.54) is 19.3 Å². The van der Waals surface area contributed by atoms with Gasteiger partial charge in [-0.3, -0.25) is 4.79 Å². The average Bonchev–Trinajstić information content (AvgIpc) is 2.50. The van der Waals surface area contributed by atoms with E-state index in [9.17, 15) is 4.79 Å². The minimum absolute atomic E-state index is 0.0958. The van der Waals surface area contributed by atoms with Gasteiger partial charge in [-0.25, -0.2) is 0 Å². The van der Waals surface area contributed by atoms with Crippen molar-refractivity contribution in [2.24, 2.45) is 0 Å². The van der Waals surface area contributed by atoms with Gasteiger partial charge in [-0.1, -0.05) is 33.1 Å². The van der Waals surface area contributed by atoms with Gasteiger partial charge in [0.25, 0.3) is 0 Å². The van der Waals surface area contributed by atoms with Crippen LogP contribution in [0.4, 0.5) is 0 Å². The molecular weight excluding hydrogens is 268 g/mol. The molecule has 1 rings (SSSR count). The van der Waals surface area contributed by atoms with Crippen LogP contribution < -0.4 is 10.6 Å². The van der Waals surface area contributed by atoms with E-state index >= 15 is 0 Å². The summed E-state index contributed by atoms with van der Waals surface area (Å²) < 4.78 is 0.263. The highest BCUT2D eigenvalue weighted by Gasteiger charge is 2.27. The van der Waals surface area contributed by atoms with Gasteiger partial charge in [-0.05, 0) is 38.9 Å². The fraction of sp³-hybridized carbons (Fsp3) is 0.938. The van der Waals surface area contributed by atoms with E-state index in [4.69, 9.17) is 0 Å². The number of thioether (sulfide) groups is 1. The van der Waals surface area contributed by atoms with Crippen molar-refractivity contribution in [3.63, 3.8) is 0 Å². The number of carbonyl (C=O) groups excluding carboxylic acids is 1. The summed E-state index contributed by atoms with van der Waals surface area (Å²) >= 11 is 1.91. The molecule has 1 atom stereocenters. The Morgan fingerprint density at radius 2 is 1.85 bits per heavy atom. The average molecular weight is 301 g/mol. The summed E-state index contributed by atoms with van der Waals surface area (Å²) in [5.41, 5.74) is 0. The summed E-state index contributed by atoms with van der Waals surface area (Å²) in [6.45, 7) is 7.35. The van der Waals surface area contributed by atoms with Crippen molar-refractivity contribution in [2.75, 3.05) is 12.8 Å². The van der Waals surface area contributed by atoms with Gasteiger partial charge in [0.15, 0.2) is 0 Å². The van der Waals surface area contributed by atoms with E-state index in [-0.39, 0.29) is 16.7 Å². The fourth-order valence-corrected chi connectivity index (χ4v) is 3.67. The van der Waals surface area contributed by atoms with Crippen LogP contribution >= 0.6 is 11.8 Å². The third-order valence-electron chi connectivity index (χ3n) is 4.80. The maximum atomic E-state index is 12.2. The molecule has 0 spiro atoms. The van der Waals surface area contributed by atoms with Crippen LogP contribution in [0.3, 0.4) is 0 Å². The lowest BCUT2D eigenvalue weighted by molar-refractivity contribution is -0.123. The Labute approximate surface area is 129 Å². The SMILES string of the molecule is CCC(CC)(CNC(C)C(=O)NC1CCCCC1)SC. The number of carbonyl (C=O) groups is 1. The largest absolute Gasteiger partial charge is 0.352 e. The normalized spacial score (nSPS) is 18.8. The van der Waals surface area contributed by atoms with Gasteiger partial charge in [0, 0.05) is 17.3 Å². The molecule has 0 bridgehead atoms. The van der Waals surface area contributed by atoms with E-state index in [2.05, 4.69) is 30.7 Å². The molecule has 1 unspecified atom stereocenters.